The minimum absolute atomic E-state index is 0.112. The average Bonchev–Trinajstić information content (AvgIpc) is 2.90. The molecule has 1 atom stereocenters. The number of allylic oxidation sites excluding steroid dienone is 1. The largest absolute Gasteiger partial charge is 0.497 e. The van der Waals surface area contributed by atoms with Gasteiger partial charge in [0, 0.05) is 5.70 Å². The number of urea groups is 1. The van der Waals surface area contributed by atoms with E-state index in [1.54, 1.807) is 31.4 Å². The summed E-state index contributed by atoms with van der Waals surface area (Å²) in [4.78, 5) is 26.0. The lowest BCUT2D eigenvalue weighted by Crippen LogP contribution is -2.46. The molecule has 3 aromatic carbocycles. The predicted octanol–water partition coefficient (Wildman–Crippen LogP) is 4.86. The fourth-order valence-corrected chi connectivity index (χ4v) is 4.18. The number of ether oxygens (including phenoxy) is 2. The molecule has 0 spiro atoms. The zero-order chi connectivity index (χ0) is 25.5. The van der Waals surface area contributed by atoms with Crippen LogP contribution >= 0.6 is 0 Å². The van der Waals surface area contributed by atoms with Gasteiger partial charge in [0.1, 0.15) is 12.4 Å². The number of nitrogens with zero attached hydrogens (tertiary/aromatic N) is 1. The van der Waals surface area contributed by atoms with Crippen LogP contribution in [-0.2, 0) is 22.6 Å². The van der Waals surface area contributed by atoms with Crippen LogP contribution in [0.5, 0.6) is 5.75 Å². The molecule has 2 N–H and O–H groups in total. The number of nitriles is 1. The van der Waals surface area contributed by atoms with Gasteiger partial charge in [-0.3, -0.25) is 0 Å². The molecule has 4 rings (SSSR count). The third-order valence-electron chi connectivity index (χ3n) is 6.00. The summed E-state index contributed by atoms with van der Waals surface area (Å²) in [5.41, 5.74) is 4.99. The van der Waals surface area contributed by atoms with Crippen LogP contribution in [0.1, 0.15) is 40.3 Å². The summed E-state index contributed by atoms with van der Waals surface area (Å²) in [7, 11) is 1.61. The Morgan fingerprint density at radius 1 is 1.00 bits per heavy atom. The van der Waals surface area contributed by atoms with Gasteiger partial charge in [-0.25, -0.2) is 9.59 Å². The molecule has 7 heteroatoms. The van der Waals surface area contributed by atoms with Gasteiger partial charge < -0.3 is 20.1 Å². The number of esters is 1. The molecule has 0 fully saturated rings. The molecule has 3 aromatic rings. The Morgan fingerprint density at radius 3 is 2.47 bits per heavy atom. The van der Waals surface area contributed by atoms with Crippen molar-refractivity contribution in [1.82, 2.24) is 10.6 Å². The van der Waals surface area contributed by atoms with E-state index in [-0.39, 0.29) is 6.61 Å². The van der Waals surface area contributed by atoms with Crippen molar-refractivity contribution in [1.29, 1.82) is 5.26 Å². The van der Waals surface area contributed by atoms with E-state index in [0.717, 1.165) is 22.4 Å². The third-order valence-corrected chi connectivity index (χ3v) is 6.00. The van der Waals surface area contributed by atoms with Crippen molar-refractivity contribution in [2.24, 2.45) is 0 Å². The molecule has 0 aromatic heterocycles. The number of rotatable bonds is 8. The molecule has 7 nitrogen and oxygen atoms in total. The maximum atomic E-state index is 13.4. The smallest absolute Gasteiger partial charge is 0.338 e. The van der Waals surface area contributed by atoms with Crippen LogP contribution in [0.2, 0.25) is 0 Å². The van der Waals surface area contributed by atoms with Crippen LogP contribution in [-0.4, -0.2) is 19.1 Å². The van der Waals surface area contributed by atoms with Crippen molar-refractivity contribution in [2.45, 2.75) is 32.4 Å². The lowest BCUT2D eigenvalue weighted by Gasteiger charge is -2.29. The summed E-state index contributed by atoms with van der Waals surface area (Å²) in [6.45, 7) is 2.09. The number of amides is 2. The highest BCUT2D eigenvalue weighted by atomic mass is 16.5. The normalized spacial score (nSPS) is 14.9. The fourth-order valence-electron chi connectivity index (χ4n) is 4.18. The number of aryl methyl sites for hydroxylation is 2. The van der Waals surface area contributed by atoms with Gasteiger partial charge >= 0.3 is 12.0 Å². The summed E-state index contributed by atoms with van der Waals surface area (Å²) in [5.74, 6) is 0.225. The zero-order valence-corrected chi connectivity index (χ0v) is 20.2. The topological polar surface area (TPSA) is 100 Å². The van der Waals surface area contributed by atoms with Gasteiger partial charge in [0.2, 0.25) is 0 Å². The number of methoxy groups -OCH3 is 1. The number of benzene rings is 3. The molecule has 0 aliphatic carbocycles. The number of carbonyl (C=O) groups excluding carboxylic acids is 2. The Hall–Kier alpha value is -4.57. The molecule has 0 saturated carbocycles. The monoisotopic (exact) mass is 481 g/mol. The second-order valence-electron chi connectivity index (χ2n) is 8.57. The minimum Gasteiger partial charge on any atom is -0.497 e. The molecule has 2 amide bonds. The molecule has 1 unspecified atom stereocenters. The van der Waals surface area contributed by atoms with Crippen molar-refractivity contribution >= 4 is 12.0 Å². The summed E-state index contributed by atoms with van der Waals surface area (Å²) in [5, 5.41) is 14.8. The Kier molecular flexibility index (Phi) is 7.66. The highest BCUT2D eigenvalue weighted by Gasteiger charge is 2.33. The van der Waals surface area contributed by atoms with Crippen molar-refractivity contribution < 1.29 is 19.1 Å². The summed E-state index contributed by atoms with van der Waals surface area (Å²) < 4.78 is 11.0. The number of carbonyl (C=O) groups is 2. The van der Waals surface area contributed by atoms with Crippen LogP contribution < -0.4 is 15.4 Å². The molecule has 0 bridgehead atoms. The first kappa shape index (κ1) is 24.6. The second-order valence-corrected chi connectivity index (χ2v) is 8.57. The quantitative estimate of drug-likeness (QED) is 0.448. The van der Waals surface area contributed by atoms with Crippen molar-refractivity contribution in [3.05, 3.63) is 112 Å². The molecular formula is C29H27N3O4. The van der Waals surface area contributed by atoms with E-state index in [4.69, 9.17) is 14.7 Å². The van der Waals surface area contributed by atoms with Gasteiger partial charge in [-0.2, -0.15) is 5.26 Å². The highest BCUT2D eigenvalue weighted by Crippen LogP contribution is 2.30. The Bertz CT molecular complexity index is 1340. The van der Waals surface area contributed by atoms with E-state index in [1.165, 1.54) is 0 Å². The first-order chi connectivity index (χ1) is 17.5. The average molecular weight is 482 g/mol. The van der Waals surface area contributed by atoms with E-state index >= 15 is 0 Å². The van der Waals surface area contributed by atoms with Gasteiger partial charge in [-0.15, -0.1) is 0 Å². The Morgan fingerprint density at radius 2 is 1.75 bits per heavy atom. The van der Waals surface area contributed by atoms with Crippen LogP contribution in [0.3, 0.4) is 0 Å². The number of hydrogen-bond donors (Lipinski definition) is 2. The van der Waals surface area contributed by atoms with Gasteiger partial charge in [0.15, 0.2) is 0 Å². The minimum atomic E-state index is -0.711. The first-order valence-corrected chi connectivity index (χ1v) is 11.6. The van der Waals surface area contributed by atoms with Crippen LogP contribution in [0.25, 0.3) is 0 Å². The van der Waals surface area contributed by atoms with E-state index in [9.17, 15) is 9.59 Å². The molecular weight excluding hydrogens is 454 g/mol. The predicted molar refractivity (Wildman–Crippen MR) is 135 cm³/mol. The lowest BCUT2D eigenvalue weighted by molar-refractivity contribution is -0.140. The second kappa shape index (κ2) is 11.2. The first-order valence-electron chi connectivity index (χ1n) is 11.6. The highest BCUT2D eigenvalue weighted by molar-refractivity contribution is 5.95. The van der Waals surface area contributed by atoms with E-state index in [2.05, 4.69) is 16.7 Å². The maximum absolute atomic E-state index is 13.4. The molecule has 1 aliphatic rings. The fraction of sp³-hybridized carbons (Fsp3) is 0.207. The van der Waals surface area contributed by atoms with Gasteiger partial charge in [0.25, 0.3) is 0 Å². The van der Waals surface area contributed by atoms with Crippen LogP contribution in [0.4, 0.5) is 4.79 Å². The van der Waals surface area contributed by atoms with Crippen LogP contribution in [0.15, 0.2) is 84.1 Å². The SMILES string of the molecule is COc1cccc(CCC2=C(C(=O)OCc3cccc(C)c3)C(c3ccc(C#N)cc3)NC(=O)N2)c1. The standard InChI is InChI=1S/C29H27N3O4/c1-19-5-3-7-22(15-19)18-36-28(33)26-25(14-11-20-6-4-8-24(16-20)35-2)31-29(34)32-27(26)23-12-9-21(17-30)10-13-23/h3-10,12-13,15-16,27H,11,14,18H2,1-2H3,(H2,31,32,34). The number of hydrogen-bond acceptors (Lipinski definition) is 5. The molecule has 182 valence electrons. The van der Waals surface area contributed by atoms with E-state index in [1.807, 2.05) is 55.5 Å². The van der Waals surface area contributed by atoms with Crippen molar-refractivity contribution in [3.8, 4) is 11.8 Å². The molecule has 0 radical (unpaired) electrons. The van der Waals surface area contributed by atoms with Gasteiger partial charge in [-0.05, 0) is 60.7 Å². The third kappa shape index (κ3) is 5.91. The van der Waals surface area contributed by atoms with Gasteiger partial charge in [0.05, 0.1) is 30.4 Å². The molecule has 1 heterocycles. The number of nitrogens with one attached hydrogen (secondary N) is 2. The summed E-state index contributed by atoms with van der Waals surface area (Å²) in [6.07, 6.45) is 1.00. The Balaban J connectivity index is 1.66. The van der Waals surface area contributed by atoms with E-state index in [0.29, 0.717) is 35.2 Å². The summed E-state index contributed by atoms with van der Waals surface area (Å²) >= 11 is 0. The lowest BCUT2D eigenvalue weighted by atomic mass is 9.92. The Labute approximate surface area is 210 Å². The molecule has 36 heavy (non-hydrogen) atoms. The van der Waals surface area contributed by atoms with Crippen molar-refractivity contribution in [3.63, 3.8) is 0 Å². The van der Waals surface area contributed by atoms with E-state index < -0.39 is 18.0 Å². The summed E-state index contributed by atoms with van der Waals surface area (Å²) in [6, 6.07) is 23.2. The van der Waals surface area contributed by atoms with Gasteiger partial charge in [-0.1, -0.05) is 54.1 Å². The maximum Gasteiger partial charge on any atom is 0.338 e. The molecule has 1 aliphatic heterocycles. The zero-order valence-electron chi connectivity index (χ0n) is 20.2. The molecule has 0 saturated heterocycles. The van der Waals surface area contributed by atoms with Crippen molar-refractivity contribution in [2.75, 3.05) is 7.11 Å². The van der Waals surface area contributed by atoms with Crippen LogP contribution in [0, 0.1) is 18.3 Å².